The van der Waals surface area contributed by atoms with Crippen LogP contribution in [0.3, 0.4) is 0 Å². The fourth-order valence-corrected chi connectivity index (χ4v) is 4.37. The third-order valence-electron chi connectivity index (χ3n) is 3.50. The summed E-state index contributed by atoms with van der Waals surface area (Å²) in [6.45, 7) is 4.14. The number of unbranched alkanes of at least 4 members (excludes halogenated alkanes) is 1. The van der Waals surface area contributed by atoms with Crippen molar-refractivity contribution < 1.29 is 13.2 Å². The SMILES string of the molecule is CCCCC(CCC)S(=O)(=O)Cc1cccc(OC)c1. The minimum Gasteiger partial charge on any atom is -0.497 e. The van der Waals surface area contributed by atoms with Crippen LogP contribution in [0.2, 0.25) is 0 Å². The zero-order valence-electron chi connectivity index (χ0n) is 12.8. The van der Waals surface area contributed by atoms with Gasteiger partial charge < -0.3 is 4.74 Å². The van der Waals surface area contributed by atoms with E-state index in [2.05, 4.69) is 6.92 Å². The Hall–Kier alpha value is -1.03. The first-order valence-electron chi connectivity index (χ1n) is 7.38. The number of sulfone groups is 1. The maximum absolute atomic E-state index is 12.6. The normalized spacial score (nSPS) is 13.2. The second kappa shape index (κ2) is 8.30. The van der Waals surface area contributed by atoms with Crippen LogP contribution in [0.25, 0.3) is 0 Å². The van der Waals surface area contributed by atoms with Crippen LogP contribution in [-0.2, 0) is 15.6 Å². The van der Waals surface area contributed by atoms with Crippen LogP contribution in [-0.4, -0.2) is 20.8 Å². The Balaban J connectivity index is 2.84. The van der Waals surface area contributed by atoms with E-state index in [0.717, 1.165) is 37.7 Å². The number of benzene rings is 1. The van der Waals surface area contributed by atoms with Gasteiger partial charge in [0.15, 0.2) is 9.84 Å². The van der Waals surface area contributed by atoms with E-state index >= 15 is 0 Å². The molecule has 3 nitrogen and oxygen atoms in total. The lowest BCUT2D eigenvalue weighted by Crippen LogP contribution is -2.23. The van der Waals surface area contributed by atoms with Crippen molar-refractivity contribution in [2.45, 2.75) is 57.0 Å². The first-order chi connectivity index (χ1) is 9.53. The quantitative estimate of drug-likeness (QED) is 0.693. The van der Waals surface area contributed by atoms with Crippen LogP contribution in [0, 0.1) is 0 Å². The molecule has 0 fully saturated rings. The molecule has 0 bridgehead atoms. The van der Waals surface area contributed by atoms with E-state index in [0.29, 0.717) is 5.75 Å². The maximum Gasteiger partial charge on any atom is 0.157 e. The highest BCUT2D eigenvalue weighted by atomic mass is 32.2. The summed E-state index contributed by atoms with van der Waals surface area (Å²) in [5, 5.41) is -0.210. The molecule has 1 aromatic rings. The highest BCUT2D eigenvalue weighted by Gasteiger charge is 2.24. The Labute approximate surface area is 123 Å². The van der Waals surface area contributed by atoms with Crippen LogP contribution < -0.4 is 4.74 Å². The monoisotopic (exact) mass is 298 g/mol. The average Bonchev–Trinajstić information content (AvgIpc) is 2.43. The number of rotatable bonds is 9. The summed E-state index contributed by atoms with van der Waals surface area (Å²) in [6.07, 6.45) is 4.45. The zero-order chi connectivity index (χ0) is 15.0. The molecule has 0 saturated carbocycles. The molecule has 1 unspecified atom stereocenters. The number of hydrogen-bond donors (Lipinski definition) is 0. The van der Waals surface area contributed by atoms with Crippen molar-refractivity contribution in [2.75, 3.05) is 7.11 Å². The molecule has 4 heteroatoms. The summed E-state index contributed by atoms with van der Waals surface area (Å²) < 4.78 is 30.3. The van der Waals surface area contributed by atoms with Crippen molar-refractivity contribution in [1.82, 2.24) is 0 Å². The number of ether oxygens (including phenoxy) is 1. The molecule has 0 aliphatic heterocycles. The molecule has 114 valence electrons. The van der Waals surface area contributed by atoms with Gasteiger partial charge in [0, 0.05) is 0 Å². The number of methoxy groups -OCH3 is 1. The van der Waals surface area contributed by atoms with Gasteiger partial charge in [0.25, 0.3) is 0 Å². The molecule has 0 heterocycles. The van der Waals surface area contributed by atoms with Crippen molar-refractivity contribution in [3.63, 3.8) is 0 Å². The van der Waals surface area contributed by atoms with Gasteiger partial charge in [-0.3, -0.25) is 0 Å². The molecule has 0 saturated heterocycles. The van der Waals surface area contributed by atoms with Gasteiger partial charge in [0.05, 0.1) is 18.1 Å². The fourth-order valence-electron chi connectivity index (χ4n) is 2.37. The van der Waals surface area contributed by atoms with E-state index in [-0.39, 0.29) is 11.0 Å². The summed E-state index contributed by atoms with van der Waals surface area (Å²) in [7, 11) is -1.50. The first-order valence-corrected chi connectivity index (χ1v) is 9.09. The molecular weight excluding hydrogens is 272 g/mol. The van der Waals surface area contributed by atoms with Gasteiger partial charge in [0.2, 0.25) is 0 Å². The molecule has 1 rings (SSSR count). The van der Waals surface area contributed by atoms with Crippen molar-refractivity contribution in [3.05, 3.63) is 29.8 Å². The van der Waals surface area contributed by atoms with Gasteiger partial charge in [-0.2, -0.15) is 0 Å². The zero-order valence-corrected chi connectivity index (χ0v) is 13.6. The molecule has 0 aliphatic rings. The molecule has 0 aliphatic carbocycles. The topological polar surface area (TPSA) is 43.4 Å². The molecule has 1 aromatic carbocycles. The highest BCUT2D eigenvalue weighted by Crippen LogP contribution is 2.22. The lowest BCUT2D eigenvalue weighted by Gasteiger charge is -2.17. The Morgan fingerprint density at radius 2 is 1.90 bits per heavy atom. The second-order valence-electron chi connectivity index (χ2n) is 5.21. The highest BCUT2D eigenvalue weighted by molar-refractivity contribution is 7.91. The van der Waals surface area contributed by atoms with Crippen LogP contribution in [0.1, 0.15) is 51.5 Å². The lowest BCUT2D eigenvalue weighted by atomic mass is 10.1. The predicted molar refractivity (Wildman–Crippen MR) is 83.8 cm³/mol. The molecule has 1 atom stereocenters. The molecule has 20 heavy (non-hydrogen) atoms. The van der Waals surface area contributed by atoms with Crippen LogP contribution in [0.15, 0.2) is 24.3 Å². The van der Waals surface area contributed by atoms with Crippen molar-refractivity contribution in [1.29, 1.82) is 0 Å². The third-order valence-corrected chi connectivity index (χ3v) is 5.72. The van der Waals surface area contributed by atoms with Gasteiger partial charge >= 0.3 is 0 Å². The van der Waals surface area contributed by atoms with E-state index in [4.69, 9.17) is 4.74 Å². The van der Waals surface area contributed by atoms with Crippen LogP contribution in [0.5, 0.6) is 5.75 Å². The van der Waals surface area contributed by atoms with E-state index in [1.54, 1.807) is 13.2 Å². The first kappa shape index (κ1) is 17.0. The Kier molecular flexibility index (Phi) is 7.06. The summed E-state index contributed by atoms with van der Waals surface area (Å²) in [5.41, 5.74) is 0.807. The Morgan fingerprint density at radius 3 is 2.50 bits per heavy atom. The summed E-state index contributed by atoms with van der Waals surface area (Å²) in [5.74, 6) is 0.816. The fraction of sp³-hybridized carbons (Fsp3) is 0.625. The van der Waals surface area contributed by atoms with E-state index in [1.807, 2.05) is 25.1 Å². The smallest absolute Gasteiger partial charge is 0.157 e. The van der Waals surface area contributed by atoms with E-state index < -0.39 is 9.84 Å². The molecule has 0 amide bonds. The Morgan fingerprint density at radius 1 is 1.15 bits per heavy atom. The molecule has 0 N–H and O–H groups in total. The second-order valence-corrected chi connectivity index (χ2v) is 7.49. The minimum atomic E-state index is -3.09. The van der Waals surface area contributed by atoms with Crippen LogP contribution in [0.4, 0.5) is 0 Å². The van der Waals surface area contributed by atoms with Gasteiger partial charge in [-0.15, -0.1) is 0 Å². The molecule has 0 spiro atoms. The van der Waals surface area contributed by atoms with Crippen LogP contribution >= 0.6 is 0 Å². The molecule has 0 radical (unpaired) electrons. The Bertz CT molecular complexity index is 494. The van der Waals surface area contributed by atoms with E-state index in [1.165, 1.54) is 0 Å². The van der Waals surface area contributed by atoms with Gasteiger partial charge in [-0.1, -0.05) is 45.2 Å². The lowest BCUT2D eigenvalue weighted by molar-refractivity contribution is 0.414. The van der Waals surface area contributed by atoms with Gasteiger partial charge in [-0.25, -0.2) is 8.42 Å². The largest absolute Gasteiger partial charge is 0.497 e. The molecule has 0 aromatic heterocycles. The minimum absolute atomic E-state index is 0.110. The van der Waals surface area contributed by atoms with Crippen molar-refractivity contribution in [3.8, 4) is 5.75 Å². The summed E-state index contributed by atoms with van der Waals surface area (Å²) in [6, 6.07) is 7.32. The maximum atomic E-state index is 12.6. The van der Waals surface area contributed by atoms with E-state index in [9.17, 15) is 8.42 Å². The predicted octanol–water partition coefficient (Wildman–Crippen LogP) is 3.97. The number of hydrogen-bond acceptors (Lipinski definition) is 3. The molecular formula is C16H26O3S. The standard InChI is InChI=1S/C16H26O3S/c1-4-6-11-16(8-5-2)20(17,18)13-14-9-7-10-15(12-14)19-3/h7,9-10,12,16H,4-6,8,11,13H2,1-3H3. The van der Waals surface area contributed by atoms with Crippen molar-refractivity contribution in [2.24, 2.45) is 0 Å². The third kappa shape index (κ3) is 5.16. The summed E-state index contributed by atoms with van der Waals surface area (Å²) in [4.78, 5) is 0. The average molecular weight is 298 g/mol. The summed E-state index contributed by atoms with van der Waals surface area (Å²) >= 11 is 0. The van der Waals surface area contributed by atoms with Gasteiger partial charge in [0.1, 0.15) is 5.75 Å². The van der Waals surface area contributed by atoms with Crippen molar-refractivity contribution >= 4 is 9.84 Å². The van der Waals surface area contributed by atoms with Gasteiger partial charge in [-0.05, 0) is 30.5 Å².